The molecule has 2 fully saturated rings. The zero-order valence-corrected chi connectivity index (χ0v) is 21.4. The van der Waals surface area contributed by atoms with Crippen LogP contribution in [0.5, 0.6) is 0 Å². The lowest BCUT2D eigenvalue weighted by Crippen LogP contribution is -2.49. The number of benzene rings is 1. The molecule has 2 saturated carbocycles. The van der Waals surface area contributed by atoms with Gasteiger partial charge in [0.15, 0.2) is 8.32 Å². The molecule has 2 nitrogen and oxygen atoms in total. The predicted octanol–water partition coefficient (Wildman–Crippen LogP) is 7.38. The van der Waals surface area contributed by atoms with Crippen LogP contribution in [0.15, 0.2) is 42.5 Å². The number of hydrogen-bond donors (Lipinski definition) is 0. The highest BCUT2D eigenvalue weighted by atomic mass is 28.4. The first-order valence-electron chi connectivity index (χ1n) is 12.7. The minimum Gasteiger partial charge on any atom is -0.416 e. The van der Waals surface area contributed by atoms with Crippen LogP contribution in [0.3, 0.4) is 0 Å². The number of allylic oxidation sites excluding steroid dienone is 2. The topological polar surface area (TPSA) is 26.3 Å². The average molecular weight is 439 g/mol. The lowest BCUT2D eigenvalue weighted by atomic mass is 9.61. The van der Waals surface area contributed by atoms with E-state index in [0.717, 1.165) is 19.4 Å². The van der Waals surface area contributed by atoms with Crippen molar-refractivity contribution in [1.29, 1.82) is 0 Å². The molecule has 0 spiro atoms. The van der Waals surface area contributed by atoms with E-state index >= 15 is 0 Å². The van der Waals surface area contributed by atoms with Crippen molar-refractivity contribution < 1.29 is 9.22 Å². The van der Waals surface area contributed by atoms with E-state index < -0.39 is 8.32 Å². The molecule has 0 bridgehead atoms. The first kappa shape index (κ1) is 23.0. The van der Waals surface area contributed by atoms with Crippen LogP contribution >= 0.6 is 0 Å². The highest BCUT2D eigenvalue weighted by Gasteiger charge is 2.54. The SMILES string of the molecule is CC(C)[Si](OC[C@@H]1C[C@H]2C=C[C@@H](c3ccccc3)[C@@H]3C(=O)CC[C@H]1[C@@H]32)(C(C)C)C(C)C. The van der Waals surface area contributed by atoms with Crippen molar-refractivity contribution >= 4 is 14.1 Å². The number of carbonyl (C=O) groups excluding carboxylic acids is 1. The Morgan fingerprint density at radius 2 is 1.61 bits per heavy atom. The molecule has 0 heterocycles. The lowest BCUT2D eigenvalue weighted by molar-refractivity contribution is -0.129. The van der Waals surface area contributed by atoms with Crippen molar-refractivity contribution in [1.82, 2.24) is 0 Å². The zero-order chi connectivity index (χ0) is 22.3. The molecule has 31 heavy (non-hydrogen) atoms. The molecule has 3 heteroatoms. The third-order valence-corrected chi connectivity index (χ3v) is 15.2. The molecule has 0 amide bonds. The summed E-state index contributed by atoms with van der Waals surface area (Å²) in [5.41, 5.74) is 3.18. The van der Waals surface area contributed by atoms with E-state index in [9.17, 15) is 4.79 Å². The molecule has 6 atom stereocenters. The third-order valence-electron chi connectivity index (χ3n) is 9.07. The van der Waals surface area contributed by atoms with Gasteiger partial charge in [-0.3, -0.25) is 4.79 Å². The first-order valence-corrected chi connectivity index (χ1v) is 14.8. The molecule has 1 aromatic carbocycles. The van der Waals surface area contributed by atoms with Gasteiger partial charge in [-0.1, -0.05) is 84.0 Å². The maximum absolute atomic E-state index is 13.2. The Morgan fingerprint density at radius 3 is 2.23 bits per heavy atom. The molecule has 3 aliphatic carbocycles. The van der Waals surface area contributed by atoms with Gasteiger partial charge >= 0.3 is 0 Å². The Hall–Kier alpha value is -1.19. The normalized spacial score (nSPS) is 32.9. The van der Waals surface area contributed by atoms with Gasteiger partial charge < -0.3 is 4.43 Å². The molecule has 0 radical (unpaired) electrons. The Morgan fingerprint density at radius 1 is 0.968 bits per heavy atom. The van der Waals surface area contributed by atoms with Crippen molar-refractivity contribution in [2.45, 2.75) is 83.3 Å². The molecule has 0 aromatic heterocycles. The van der Waals surface area contributed by atoms with Crippen LogP contribution in [0, 0.1) is 29.6 Å². The third kappa shape index (κ3) is 3.91. The fourth-order valence-corrected chi connectivity index (χ4v) is 13.4. The fraction of sp³-hybridized carbons (Fsp3) is 0.679. The molecular formula is C28H42O2Si. The van der Waals surface area contributed by atoms with Crippen LogP contribution < -0.4 is 0 Å². The summed E-state index contributed by atoms with van der Waals surface area (Å²) in [6.07, 6.45) is 7.85. The number of ketones is 1. The van der Waals surface area contributed by atoms with Gasteiger partial charge in [-0.25, -0.2) is 0 Å². The first-order chi connectivity index (χ1) is 14.8. The van der Waals surface area contributed by atoms with Crippen molar-refractivity contribution in [2.24, 2.45) is 29.6 Å². The van der Waals surface area contributed by atoms with Gasteiger partial charge in [0.1, 0.15) is 5.78 Å². The molecule has 0 N–H and O–H groups in total. The second kappa shape index (κ2) is 8.98. The molecule has 4 rings (SSSR count). The van der Waals surface area contributed by atoms with Crippen LogP contribution in [0.1, 0.15) is 72.3 Å². The molecule has 3 aliphatic rings. The van der Waals surface area contributed by atoms with Crippen LogP contribution in [-0.4, -0.2) is 20.7 Å². The summed E-state index contributed by atoms with van der Waals surface area (Å²) < 4.78 is 7.06. The smallest absolute Gasteiger partial charge is 0.200 e. The molecule has 0 saturated heterocycles. The van der Waals surface area contributed by atoms with Crippen molar-refractivity contribution in [3.63, 3.8) is 0 Å². The van der Waals surface area contributed by atoms with E-state index in [1.807, 2.05) is 0 Å². The summed E-state index contributed by atoms with van der Waals surface area (Å²) in [5, 5.41) is 0. The van der Waals surface area contributed by atoms with Gasteiger partial charge in [0, 0.05) is 24.9 Å². The van der Waals surface area contributed by atoms with Gasteiger partial charge in [-0.05, 0) is 58.7 Å². The Kier molecular flexibility index (Phi) is 6.66. The second-order valence-electron chi connectivity index (χ2n) is 11.4. The van der Waals surface area contributed by atoms with E-state index in [4.69, 9.17) is 4.43 Å². The molecule has 1 aromatic rings. The van der Waals surface area contributed by atoms with Gasteiger partial charge in [-0.2, -0.15) is 0 Å². The van der Waals surface area contributed by atoms with Crippen LogP contribution in [0.4, 0.5) is 0 Å². The van der Waals surface area contributed by atoms with Crippen molar-refractivity contribution in [2.75, 3.05) is 6.61 Å². The van der Waals surface area contributed by atoms with Crippen molar-refractivity contribution in [3.8, 4) is 0 Å². The highest BCUT2D eigenvalue weighted by molar-refractivity contribution is 6.77. The van der Waals surface area contributed by atoms with E-state index in [1.54, 1.807) is 0 Å². The maximum atomic E-state index is 13.2. The summed E-state index contributed by atoms with van der Waals surface area (Å²) in [5.74, 6) is 3.24. The highest BCUT2D eigenvalue weighted by Crippen LogP contribution is 2.57. The molecule has 0 aliphatic heterocycles. The van der Waals surface area contributed by atoms with Crippen molar-refractivity contribution in [3.05, 3.63) is 48.0 Å². The monoisotopic (exact) mass is 438 g/mol. The number of hydrogen-bond acceptors (Lipinski definition) is 2. The van der Waals surface area contributed by atoms with E-state index in [2.05, 4.69) is 84.0 Å². The molecule has 0 unspecified atom stereocenters. The zero-order valence-electron chi connectivity index (χ0n) is 20.4. The predicted molar refractivity (Wildman–Crippen MR) is 132 cm³/mol. The second-order valence-corrected chi connectivity index (χ2v) is 16.8. The van der Waals surface area contributed by atoms with E-state index in [0.29, 0.717) is 46.1 Å². The van der Waals surface area contributed by atoms with Crippen LogP contribution in [0.2, 0.25) is 16.6 Å². The minimum absolute atomic E-state index is 0.170. The Balaban J connectivity index is 1.56. The van der Waals surface area contributed by atoms with Crippen LogP contribution in [-0.2, 0) is 9.22 Å². The fourth-order valence-electron chi connectivity index (χ4n) is 7.93. The Bertz CT molecular complexity index is 775. The summed E-state index contributed by atoms with van der Waals surface area (Å²) in [6, 6.07) is 10.7. The molecular weight excluding hydrogens is 396 g/mol. The number of rotatable bonds is 7. The average Bonchev–Trinajstić information content (AvgIpc) is 3.09. The van der Waals surface area contributed by atoms with E-state index in [1.165, 1.54) is 12.0 Å². The minimum atomic E-state index is -1.85. The van der Waals surface area contributed by atoms with Gasteiger partial charge in [0.2, 0.25) is 0 Å². The molecule has 170 valence electrons. The lowest BCUT2D eigenvalue weighted by Gasteiger charge is -2.44. The number of carbonyl (C=O) groups is 1. The standard InChI is InChI=1S/C28H42O2Si/c1-18(2)31(19(3)4,20(5)6)30-17-23-16-22-12-13-24(21-10-8-7-9-11-21)28-26(29)15-14-25(23)27(22)28/h7-13,18-20,22-25,27-28H,14-17H2,1-6H3/t22-,23+,24+,25-,27+,28-/m1/s1. The number of Topliss-reactive ketones (excluding diaryl/α,β-unsaturated/α-hetero) is 1. The summed E-state index contributed by atoms with van der Waals surface area (Å²) in [6.45, 7) is 15.2. The summed E-state index contributed by atoms with van der Waals surface area (Å²) in [7, 11) is -1.85. The van der Waals surface area contributed by atoms with Gasteiger partial charge in [-0.15, -0.1) is 0 Å². The van der Waals surface area contributed by atoms with Gasteiger partial charge in [0.05, 0.1) is 0 Å². The summed E-state index contributed by atoms with van der Waals surface area (Å²) in [4.78, 5) is 13.2. The largest absolute Gasteiger partial charge is 0.416 e. The van der Waals surface area contributed by atoms with E-state index in [-0.39, 0.29) is 11.8 Å². The quantitative estimate of drug-likeness (QED) is 0.328. The maximum Gasteiger partial charge on any atom is 0.200 e. The Labute approximate surface area is 191 Å². The van der Waals surface area contributed by atoms with Gasteiger partial charge in [0.25, 0.3) is 0 Å². The van der Waals surface area contributed by atoms with Crippen LogP contribution in [0.25, 0.3) is 0 Å². The summed E-state index contributed by atoms with van der Waals surface area (Å²) >= 11 is 0.